The molecular weight excluding hydrogens is 239 g/mol. The predicted octanol–water partition coefficient (Wildman–Crippen LogP) is 2.83. The third kappa shape index (κ3) is 3.47. The normalized spacial score (nSPS) is 12.1. The van der Waals surface area contributed by atoms with Crippen molar-refractivity contribution in [2.45, 2.75) is 38.8 Å². The molecule has 1 heterocycles. The summed E-state index contributed by atoms with van der Waals surface area (Å²) in [4.78, 5) is 13.7. The van der Waals surface area contributed by atoms with Crippen molar-refractivity contribution in [2.75, 3.05) is 0 Å². The molecule has 0 aliphatic heterocycles. The second kappa shape index (κ2) is 4.77. The van der Waals surface area contributed by atoms with Crippen LogP contribution in [-0.2, 0) is 17.4 Å². The van der Waals surface area contributed by atoms with E-state index in [1.807, 2.05) is 0 Å². The predicted molar refractivity (Wildman–Crippen MR) is 51.6 cm³/mol. The number of hydrogen-bond donors (Lipinski definition) is 1. The molecule has 7 heteroatoms. The Balaban J connectivity index is 3.01. The van der Waals surface area contributed by atoms with Crippen LogP contribution in [0.15, 0.2) is 4.42 Å². The number of aliphatic carboxylic acids is 1. The van der Waals surface area contributed by atoms with Gasteiger partial charge in [-0.05, 0) is 5.92 Å². The Bertz CT molecular complexity index is 409. The Hall–Kier alpha value is -1.53. The van der Waals surface area contributed by atoms with E-state index in [4.69, 9.17) is 5.11 Å². The lowest BCUT2D eigenvalue weighted by Gasteiger charge is -2.01. The molecular formula is C10H12F3NO3. The molecule has 1 aromatic heterocycles. The Kier molecular flexibility index (Phi) is 3.79. The number of nitrogens with zero attached hydrogens (tertiary/aromatic N) is 1. The van der Waals surface area contributed by atoms with Crippen molar-refractivity contribution in [3.63, 3.8) is 0 Å². The summed E-state index contributed by atoms with van der Waals surface area (Å²) >= 11 is 0. The van der Waals surface area contributed by atoms with E-state index in [0.29, 0.717) is 0 Å². The van der Waals surface area contributed by atoms with E-state index in [1.54, 1.807) is 13.8 Å². The van der Waals surface area contributed by atoms with Gasteiger partial charge in [0.15, 0.2) is 0 Å². The summed E-state index contributed by atoms with van der Waals surface area (Å²) in [6.07, 6.45) is -5.02. The average Bonchev–Trinajstić information content (AvgIpc) is 2.57. The molecule has 0 saturated carbocycles. The number of aryl methyl sites for hydroxylation is 1. The lowest BCUT2D eigenvalue weighted by molar-refractivity contribution is -0.157. The van der Waals surface area contributed by atoms with Crippen LogP contribution in [0.4, 0.5) is 13.2 Å². The molecule has 0 radical (unpaired) electrons. The minimum atomic E-state index is -4.65. The molecule has 17 heavy (non-hydrogen) atoms. The van der Waals surface area contributed by atoms with E-state index in [0.717, 1.165) is 0 Å². The number of hydrogen-bond acceptors (Lipinski definition) is 3. The van der Waals surface area contributed by atoms with Crippen LogP contribution in [0.2, 0.25) is 0 Å². The van der Waals surface area contributed by atoms with Crippen LogP contribution in [0.25, 0.3) is 0 Å². The van der Waals surface area contributed by atoms with Gasteiger partial charge >= 0.3 is 18.0 Å². The molecule has 0 fully saturated rings. The van der Waals surface area contributed by atoms with Crippen molar-refractivity contribution in [2.24, 2.45) is 0 Å². The van der Waals surface area contributed by atoms with Gasteiger partial charge in [-0.15, -0.1) is 0 Å². The number of oxazole rings is 1. The lowest BCUT2D eigenvalue weighted by Crippen LogP contribution is -2.05. The van der Waals surface area contributed by atoms with Gasteiger partial charge in [0.1, 0.15) is 5.76 Å². The second-order valence-corrected chi connectivity index (χ2v) is 3.87. The Labute approximate surface area is 95.5 Å². The van der Waals surface area contributed by atoms with Gasteiger partial charge in [0.2, 0.25) is 0 Å². The minimum absolute atomic E-state index is 0.00488. The van der Waals surface area contributed by atoms with Crippen molar-refractivity contribution in [1.29, 1.82) is 0 Å². The first kappa shape index (κ1) is 13.5. The van der Waals surface area contributed by atoms with Crippen LogP contribution in [0.5, 0.6) is 0 Å². The summed E-state index contributed by atoms with van der Waals surface area (Å²) < 4.78 is 41.7. The molecule has 0 aromatic carbocycles. The van der Waals surface area contributed by atoms with E-state index in [2.05, 4.69) is 9.40 Å². The molecule has 0 atom stereocenters. The molecule has 1 N–H and O–H groups in total. The van der Waals surface area contributed by atoms with Crippen molar-refractivity contribution in [1.82, 2.24) is 4.98 Å². The number of aromatic nitrogens is 1. The fraction of sp³-hybridized carbons (Fsp3) is 0.600. The number of alkyl halides is 3. The smallest absolute Gasteiger partial charge is 0.468 e. The SMILES string of the molecule is CC(C)c1nc(C(F)(F)F)oc1CCC(=O)O. The van der Waals surface area contributed by atoms with Crippen molar-refractivity contribution < 1.29 is 27.5 Å². The molecule has 0 amide bonds. The first-order valence-electron chi connectivity index (χ1n) is 5.00. The molecule has 0 saturated heterocycles. The summed E-state index contributed by atoms with van der Waals surface area (Å²) in [6, 6.07) is 0. The Morgan fingerprint density at radius 3 is 2.47 bits per heavy atom. The first-order valence-corrected chi connectivity index (χ1v) is 5.00. The highest BCUT2D eigenvalue weighted by atomic mass is 19.4. The summed E-state index contributed by atoms with van der Waals surface area (Å²) in [5, 5.41) is 8.49. The van der Waals surface area contributed by atoms with Gasteiger partial charge < -0.3 is 9.52 Å². The van der Waals surface area contributed by atoms with Gasteiger partial charge in [-0.25, -0.2) is 4.98 Å². The van der Waals surface area contributed by atoms with Crippen LogP contribution >= 0.6 is 0 Å². The van der Waals surface area contributed by atoms with Crippen LogP contribution in [0.1, 0.15) is 43.5 Å². The summed E-state index contributed by atoms with van der Waals surface area (Å²) in [5.41, 5.74) is 0.165. The summed E-state index contributed by atoms with van der Waals surface area (Å²) in [6.45, 7) is 3.34. The minimum Gasteiger partial charge on any atom is -0.481 e. The molecule has 0 aliphatic carbocycles. The third-order valence-corrected chi connectivity index (χ3v) is 2.08. The number of carbonyl (C=O) groups is 1. The van der Waals surface area contributed by atoms with Gasteiger partial charge in [0.25, 0.3) is 0 Å². The monoisotopic (exact) mass is 251 g/mol. The van der Waals surface area contributed by atoms with Gasteiger partial charge in [0, 0.05) is 6.42 Å². The molecule has 0 bridgehead atoms. The molecule has 0 aliphatic rings. The molecule has 4 nitrogen and oxygen atoms in total. The maximum absolute atomic E-state index is 12.4. The van der Waals surface area contributed by atoms with Crippen LogP contribution < -0.4 is 0 Å². The average molecular weight is 251 g/mol. The fourth-order valence-electron chi connectivity index (χ4n) is 1.34. The van der Waals surface area contributed by atoms with E-state index >= 15 is 0 Å². The van der Waals surface area contributed by atoms with Crippen molar-refractivity contribution in [3.8, 4) is 0 Å². The third-order valence-electron chi connectivity index (χ3n) is 2.08. The van der Waals surface area contributed by atoms with Crippen LogP contribution in [0.3, 0.4) is 0 Å². The van der Waals surface area contributed by atoms with E-state index in [9.17, 15) is 18.0 Å². The Morgan fingerprint density at radius 1 is 1.47 bits per heavy atom. The van der Waals surface area contributed by atoms with Gasteiger partial charge in [-0.3, -0.25) is 4.79 Å². The largest absolute Gasteiger partial charge is 0.481 e. The second-order valence-electron chi connectivity index (χ2n) is 3.87. The van der Waals surface area contributed by atoms with Gasteiger partial charge in [-0.2, -0.15) is 13.2 Å². The van der Waals surface area contributed by atoms with Crippen molar-refractivity contribution in [3.05, 3.63) is 17.3 Å². The highest BCUT2D eigenvalue weighted by Gasteiger charge is 2.38. The van der Waals surface area contributed by atoms with E-state index < -0.39 is 18.0 Å². The summed E-state index contributed by atoms with van der Waals surface area (Å²) in [5.74, 6) is -2.67. The highest BCUT2D eigenvalue weighted by molar-refractivity contribution is 5.66. The van der Waals surface area contributed by atoms with Gasteiger partial charge in [0.05, 0.1) is 12.1 Å². The zero-order chi connectivity index (χ0) is 13.2. The molecule has 1 aromatic rings. The van der Waals surface area contributed by atoms with Crippen molar-refractivity contribution >= 4 is 5.97 Å². The highest BCUT2D eigenvalue weighted by Crippen LogP contribution is 2.32. The fourth-order valence-corrected chi connectivity index (χ4v) is 1.34. The molecule has 1 rings (SSSR count). The summed E-state index contributed by atoms with van der Waals surface area (Å²) in [7, 11) is 0. The van der Waals surface area contributed by atoms with Gasteiger partial charge in [-0.1, -0.05) is 13.8 Å². The lowest BCUT2D eigenvalue weighted by atomic mass is 10.1. The maximum atomic E-state index is 12.4. The van der Waals surface area contributed by atoms with Crippen LogP contribution in [-0.4, -0.2) is 16.1 Å². The first-order chi connectivity index (χ1) is 7.71. The molecule has 0 spiro atoms. The number of carboxylic acid groups (broad SMARTS) is 1. The number of carboxylic acids is 1. The zero-order valence-corrected chi connectivity index (χ0v) is 9.34. The number of halogens is 3. The Morgan fingerprint density at radius 2 is 2.06 bits per heavy atom. The molecule has 0 unspecified atom stereocenters. The number of rotatable bonds is 4. The standard InChI is InChI=1S/C10H12F3NO3/c1-5(2)8-6(3-4-7(15)16)17-9(14-8)10(11,12)13/h5H,3-4H2,1-2H3,(H,15,16). The zero-order valence-electron chi connectivity index (χ0n) is 9.34. The van der Waals surface area contributed by atoms with E-state index in [1.165, 1.54) is 0 Å². The molecule has 96 valence electrons. The maximum Gasteiger partial charge on any atom is 0.468 e. The quantitative estimate of drug-likeness (QED) is 0.893. The van der Waals surface area contributed by atoms with Crippen LogP contribution in [0, 0.1) is 0 Å². The topological polar surface area (TPSA) is 63.3 Å². The van der Waals surface area contributed by atoms with E-state index in [-0.39, 0.29) is 30.2 Å².